The summed E-state index contributed by atoms with van der Waals surface area (Å²) in [5.74, 6) is -1.38. The Morgan fingerprint density at radius 3 is 1.53 bits per heavy atom. The van der Waals surface area contributed by atoms with Gasteiger partial charge in [-0.25, -0.2) is 21.6 Å². The first-order valence-electron chi connectivity index (χ1n) is 17.4. The molecule has 4 rings (SSSR count). The molecule has 2 aromatic carbocycles. The maximum Gasteiger partial charge on any atom is 0.407 e. The molecule has 282 valence electrons. The minimum atomic E-state index is -4.26. The van der Waals surface area contributed by atoms with Gasteiger partial charge in [0.05, 0.1) is 23.4 Å². The number of carbonyl (C=O) groups is 3. The number of hydrogen-bond acceptors (Lipinski definition) is 9. The Bertz CT molecular complexity index is 1740. The van der Waals surface area contributed by atoms with Gasteiger partial charge >= 0.3 is 12.1 Å². The minimum absolute atomic E-state index is 0.00356. The van der Waals surface area contributed by atoms with E-state index in [2.05, 4.69) is 10.6 Å². The quantitative estimate of drug-likeness (QED) is 0.299. The molecule has 2 fully saturated rings. The fourth-order valence-electron chi connectivity index (χ4n) is 6.75. The van der Waals surface area contributed by atoms with E-state index in [1.165, 1.54) is 31.4 Å². The van der Waals surface area contributed by atoms with Gasteiger partial charge in [0.15, 0.2) is 0 Å². The van der Waals surface area contributed by atoms with E-state index >= 15 is 0 Å². The van der Waals surface area contributed by atoms with Crippen molar-refractivity contribution < 1.29 is 40.7 Å². The predicted molar refractivity (Wildman–Crippen MR) is 192 cm³/mol. The summed E-state index contributed by atoms with van der Waals surface area (Å²) in [7, 11) is -7.28. The van der Waals surface area contributed by atoms with Crippen LogP contribution in [0, 0.1) is 13.8 Å². The van der Waals surface area contributed by atoms with Crippen LogP contribution < -0.4 is 10.6 Å². The Labute approximate surface area is 302 Å². The van der Waals surface area contributed by atoms with Crippen molar-refractivity contribution in [2.24, 2.45) is 0 Å². The van der Waals surface area contributed by atoms with Gasteiger partial charge in [0, 0.05) is 24.2 Å². The molecule has 0 radical (unpaired) electrons. The Hall–Kier alpha value is -3.53. The second-order valence-electron chi connectivity index (χ2n) is 14.4. The van der Waals surface area contributed by atoms with Gasteiger partial charge in [-0.3, -0.25) is 9.59 Å². The Morgan fingerprint density at radius 2 is 1.10 bits per heavy atom. The van der Waals surface area contributed by atoms with E-state index in [4.69, 9.17) is 9.47 Å². The molecule has 0 spiro atoms. The van der Waals surface area contributed by atoms with E-state index in [9.17, 15) is 31.2 Å². The lowest BCUT2D eigenvalue weighted by Gasteiger charge is -2.41. The highest BCUT2D eigenvalue weighted by Crippen LogP contribution is 2.31. The van der Waals surface area contributed by atoms with Crippen molar-refractivity contribution in [1.29, 1.82) is 0 Å². The number of sulfonamides is 2. The van der Waals surface area contributed by atoms with Crippen molar-refractivity contribution >= 4 is 38.0 Å². The van der Waals surface area contributed by atoms with Gasteiger partial charge in [-0.15, -0.1) is 0 Å². The topological polar surface area (TPSA) is 168 Å². The summed E-state index contributed by atoms with van der Waals surface area (Å²) in [5.41, 5.74) is 0.955. The molecule has 51 heavy (non-hydrogen) atoms. The van der Waals surface area contributed by atoms with E-state index in [0.717, 1.165) is 26.2 Å². The number of alkyl carbamates (subject to hydrolysis) is 1. The molecule has 0 saturated heterocycles. The zero-order valence-electron chi connectivity index (χ0n) is 30.4. The van der Waals surface area contributed by atoms with Crippen molar-refractivity contribution in [2.75, 3.05) is 20.2 Å². The first-order valence-corrected chi connectivity index (χ1v) is 20.3. The molecule has 0 aliphatic heterocycles. The smallest absolute Gasteiger partial charge is 0.407 e. The van der Waals surface area contributed by atoms with E-state index in [1.807, 2.05) is 13.8 Å². The molecular weight excluding hydrogens is 697 g/mol. The molecule has 0 aromatic heterocycles. The average molecular weight is 749 g/mol. The lowest BCUT2D eigenvalue weighted by atomic mass is 9.89. The summed E-state index contributed by atoms with van der Waals surface area (Å²) >= 11 is 0. The number of ether oxygens (including phenoxy) is 2. The van der Waals surface area contributed by atoms with Gasteiger partial charge in [-0.05, 0) is 84.6 Å². The molecule has 0 bridgehead atoms. The molecule has 2 aliphatic carbocycles. The third kappa shape index (κ3) is 10.5. The fraction of sp³-hybridized carbons (Fsp3) is 0.583. The van der Waals surface area contributed by atoms with Crippen molar-refractivity contribution in [2.45, 2.75) is 126 Å². The maximum absolute atomic E-state index is 14.3. The van der Waals surface area contributed by atoms with Crippen LogP contribution in [0.3, 0.4) is 0 Å². The molecule has 15 heteroatoms. The van der Waals surface area contributed by atoms with Crippen LogP contribution in [0.5, 0.6) is 0 Å². The summed E-state index contributed by atoms with van der Waals surface area (Å²) < 4.78 is 69.3. The van der Waals surface area contributed by atoms with Crippen LogP contribution in [0.15, 0.2) is 58.3 Å². The molecule has 4 atom stereocenters. The van der Waals surface area contributed by atoms with Crippen molar-refractivity contribution in [3.8, 4) is 0 Å². The number of nitrogens with zero attached hydrogens (tertiary/aromatic N) is 2. The van der Waals surface area contributed by atoms with Crippen molar-refractivity contribution in [3.63, 3.8) is 0 Å². The second kappa shape index (κ2) is 16.9. The Balaban J connectivity index is 1.66. The highest BCUT2D eigenvalue weighted by atomic mass is 32.2. The molecule has 0 heterocycles. The zero-order chi connectivity index (χ0) is 37.6. The van der Waals surface area contributed by atoms with E-state index < -0.39 is 80.9 Å². The molecule has 2 aromatic rings. The first kappa shape index (κ1) is 40.2. The zero-order valence-corrected chi connectivity index (χ0v) is 32.0. The van der Waals surface area contributed by atoms with Gasteiger partial charge in [0.1, 0.15) is 12.1 Å². The first-order chi connectivity index (χ1) is 23.9. The number of aryl methyl sites for hydroxylation is 2. The summed E-state index contributed by atoms with van der Waals surface area (Å²) in [6.45, 7) is 7.75. The number of esters is 1. The van der Waals surface area contributed by atoms with Crippen molar-refractivity contribution in [3.05, 3.63) is 59.7 Å². The van der Waals surface area contributed by atoms with Crippen LogP contribution in [0.25, 0.3) is 0 Å². The number of carbonyl (C=O) groups excluding carboxylic acids is 3. The number of methoxy groups -OCH3 is 1. The van der Waals surface area contributed by atoms with Gasteiger partial charge in [-0.2, -0.15) is 8.61 Å². The molecule has 2 saturated carbocycles. The Kier molecular flexibility index (Phi) is 13.3. The van der Waals surface area contributed by atoms with Crippen LogP contribution in [-0.4, -0.2) is 93.4 Å². The van der Waals surface area contributed by atoms with E-state index in [1.54, 1.807) is 45.0 Å². The maximum atomic E-state index is 14.3. The highest BCUT2D eigenvalue weighted by molar-refractivity contribution is 7.89. The molecule has 2 amide bonds. The lowest BCUT2D eigenvalue weighted by Crippen LogP contribution is -2.60. The van der Waals surface area contributed by atoms with Crippen molar-refractivity contribution in [1.82, 2.24) is 19.2 Å². The van der Waals surface area contributed by atoms with Crippen LogP contribution >= 0.6 is 0 Å². The molecule has 2 aliphatic rings. The molecule has 2 N–H and O–H groups in total. The summed E-state index contributed by atoms with van der Waals surface area (Å²) in [5, 5.41) is 5.81. The monoisotopic (exact) mass is 748 g/mol. The van der Waals surface area contributed by atoms with Gasteiger partial charge in [0.2, 0.25) is 26.0 Å². The number of hydrogen-bond donors (Lipinski definition) is 2. The highest BCUT2D eigenvalue weighted by Gasteiger charge is 2.43. The van der Waals surface area contributed by atoms with Crippen LogP contribution in [0.1, 0.15) is 83.3 Å². The summed E-state index contributed by atoms with van der Waals surface area (Å²) in [6.07, 6.45) is 3.75. The fourth-order valence-corrected chi connectivity index (χ4v) is 10.0. The number of nitrogens with one attached hydrogen (secondary N) is 2. The number of benzene rings is 2. The van der Waals surface area contributed by atoms with E-state index in [0.29, 0.717) is 44.9 Å². The van der Waals surface area contributed by atoms with E-state index in [-0.39, 0.29) is 9.79 Å². The predicted octanol–water partition coefficient (Wildman–Crippen LogP) is 4.42. The van der Waals surface area contributed by atoms with Gasteiger partial charge in [0.25, 0.3) is 0 Å². The third-order valence-corrected chi connectivity index (χ3v) is 13.1. The number of rotatable bonds is 12. The molecule has 0 unspecified atom stereocenters. The second-order valence-corrected chi connectivity index (χ2v) is 18.2. The minimum Gasteiger partial charge on any atom is -0.468 e. The third-order valence-electron chi connectivity index (χ3n) is 9.31. The van der Waals surface area contributed by atoms with Gasteiger partial charge in [-0.1, -0.05) is 61.1 Å². The van der Waals surface area contributed by atoms with Crippen LogP contribution in [0.4, 0.5) is 4.79 Å². The van der Waals surface area contributed by atoms with Gasteiger partial charge < -0.3 is 20.1 Å². The van der Waals surface area contributed by atoms with Crippen LogP contribution in [-0.2, 0) is 39.1 Å². The summed E-state index contributed by atoms with van der Waals surface area (Å²) in [6, 6.07) is 9.73. The van der Waals surface area contributed by atoms with Crippen LogP contribution in [0.2, 0.25) is 0 Å². The SMILES string of the molecule is COC(=O)CN([C@@H]1CCCC[C@H]1NC(=O)CN([C@@H]1CCCC[C@H]1NC(=O)OC(C)(C)C)S(=O)(=O)c1ccc(C)cc1)S(=O)(=O)c1ccc(C)cc1. The molecular formula is C36H52N4O9S2. The normalized spacial score (nSPS) is 21.6. The number of amides is 2. The molecule has 13 nitrogen and oxygen atoms in total. The lowest BCUT2D eigenvalue weighted by molar-refractivity contribution is -0.141. The Morgan fingerprint density at radius 1 is 0.686 bits per heavy atom. The largest absolute Gasteiger partial charge is 0.468 e. The average Bonchev–Trinajstić information content (AvgIpc) is 3.06. The standard InChI is InChI=1S/C36H52N4O9S2/c1-25-15-19-27(20-16-25)50(44,45)39(32-14-10-8-12-30(32)38-35(43)49-36(3,4)5)23-33(41)37-29-11-7-9-13-31(29)40(24-34(42)48-6)51(46,47)28-21-17-26(2)18-22-28/h15-22,29-32H,7-14,23-24H2,1-6H3,(H,37,41)(H,38,43)/t29-,30-,31-,32-/m1/s1. The summed E-state index contributed by atoms with van der Waals surface area (Å²) in [4.78, 5) is 39.5.